The largest absolute Gasteiger partial charge is 0.507 e. The summed E-state index contributed by atoms with van der Waals surface area (Å²) in [5, 5.41) is 20.8. The Morgan fingerprint density at radius 2 is 1.71 bits per heavy atom. The van der Waals surface area contributed by atoms with Crippen molar-refractivity contribution in [3.05, 3.63) is 82.3 Å². The van der Waals surface area contributed by atoms with Gasteiger partial charge in [0.15, 0.2) is 11.6 Å². The molecule has 0 radical (unpaired) electrons. The van der Waals surface area contributed by atoms with E-state index < -0.39 is 29.0 Å². The van der Waals surface area contributed by atoms with E-state index in [-0.39, 0.29) is 16.7 Å². The number of aromatic hydroxyl groups is 1. The standard InChI is InChI=1S/C26H19ClF3NO4/c27-15-10-21-24(22(32)11-15)23(14-1-3-17(26(33)34)19(29)9-14)25(13-5-7-35-8-6-13)31(21)16-2-4-18(28)20(30)12-16/h1-4,9-13,32H,5-8H2,(H,33,34). The van der Waals surface area contributed by atoms with Crippen molar-refractivity contribution in [1.29, 1.82) is 0 Å². The van der Waals surface area contributed by atoms with Crippen molar-refractivity contribution in [2.45, 2.75) is 18.8 Å². The maximum atomic E-state index is 14.8. The Morgan fingerprint density at radius 1 is 0.971 bits per heavy atom. The van der Waals surface area contributed by atoms with Gasteiger partial charge in [-0.2, -0.15) is 0 Å². The van der Waals surface area contributed by atoms with Crippen molar-refractivity contribution >= 4 is 28.5 Å². The molecule has 0 unspecified atom stereocenters. The number of fused-ring (bicyclic) bond motifs is 1. The van der Waals surface area contributed by atoms with E-state index in [1.807, 2.05) is 0 Å². The topological polar surface area (TPSA) is 71.7 Å². The number of aromatic nitrogens is 1. The highest BCUT2D eigenvalue weighted by molar-refractivity contribution is 6.31. The van der Waals surface area contributed by atoms with Gasteiger partial charge in [-0.1, -0.05) is 17.7 Å². The van der Waals surface area contributed by atoms with Crippen LogP contribution in [0.15, 0.2) is 48.5 Å². The number of phenols is 1. The molecule has 0 atom stereocenters. The number of carboxylic acid groups (broad SMARTS) is 1. The van der Waals surface area contributed by atoms with Crippen molar-refractivity contribution in [2.75, 3.05) is 13.2 Å². The Bertz CT molecular complexity index is 1480. The van der Waals surface area contributed by atoms with Crippen molar-refractivity contribution in [2.24, 2.45) is 0 Å². The Kier molecular flexibility index (Phi) is 5.94. The average molecular weight is 502 g/mol. The van der Waals surface area contributed by atoms with Crippen molar-refractivity contribution in [3.8, 4) is 22.6 Å². The second-order valence-corrected chi connectivity index (χ2v) is 8.84. The van der Waals surface area contributed by atoms with E-state index in [4.69, 9.17) is 16.3 Å². The summed E-state index contributed by atoms with van der Waals surface area (Å²) in [7, 11) is 0. The maximum Gasteiger partial charge on any atom is 0.338 e. The molecule has 2 N–H and O–H groups in total. The number of ether oxygens (including phenoxy) is 1. The molecule has 2 heterocycles. The first-order chi connectivity index (χ1) is 16.8. The van der Waals surface area contributed by atoms with Gasteiger partial charge in [0.2, 0.25) is 0 Å². The van der Waals surface area contributed by atoms with E-state index in [2.05, 4.69) is 0 Å². The summed E-state index contributed by atoms with van der Waals surface area (Å²) in [5.74, 6) is -4.72. The summed E-state index contributed by atoms with van der Waals surface area (Å²) in [6, 6.07) is 10.1. The van der Waals surface area contributed by atoms with E-state index in [0.717, 1.165) is 24.3 Å². The molecule has 1 aliphatic rings. The van der Waals surface area contributed by atoms with Crippen molar-refractivity contribution < 1.29 is 32.9 Å². The molecule has 0 bridgehead atoms. The lowest BCUT2D eigenvalue weighted by molar-refractivity contribution is 0.0692. The number of hydrogen-bond donors (Lipinski definition) is 2. The summed E-state index contributed by atoms with van der Waals surface area (Å²) in [4.78, 5) is 11.4. The Balaban J connectivity index is 1.91. The first-order valence-electron chi connectivity index (χ1n) is 10.9. The molecule has 0 spiro atoms. The summed E-state index contributed by atoms with van der Waals surface area (Å²) in [6.45, 7) is 0.922. The van der Waals surface area contributed by atoms with Gasteiger partial charge in [0, 0.05) is 47.2 Å². The van der Waals surface area contributed by atoms with Gasteiger partial charge in [-0.15, -0.1) is 0 Å². The maximum absolute atomic E-state index is 14.8. The van der Waals surface area contributed by atoms with Crippen LogP contribution in [0.5, 0.6) is 5.75 Å². The number of carbonyl (C=O) groups is 1. The van der Waals surface area contributed by atoms with Crippen LogP contribution in [-0.2, 0) is 4.74 Å². The highest BCUT2D eigenvalue weighted by Gasteiger charge is 2.30. The summed E-state index contributed by atoms with van der Waals surface area (Å²) in [5.41, 5.74) is 1.65. The van der Waals surface area contributed by atoms with E-state index >= 15 is 0 Å². The second kappa shape index (κ2) is 8.94. The summed E-state index contributed by atoms with van der Waals surface area (Å²) in [6.07, 6.45) is 1.19. The van der Waals surface area contributed by atoms with Crippen LogP contribution in [0, 0.1) is 17.5 Å². The lowest BCUT2D eigenvalue weighted by Gasteiger charge is -2.26. The SMILES string of the molecule is O=C(O)c1ccc(-c2c(C3CCOCC3)n(-c3ccc(F)c(F)c3)c3cc(Cl)cc(O)c23)cc1F. The quantitative estimate of drug-likeness (QED) is 0.328. The van der Waals surface area contributed by atoms with Gasteiger partial charge in [0.05, 0.1) is 16.5 Å². The van der Waals surface area contributed by atoms with Gasteiger partial charge < -0.3 is 19.5 Å². The van der Waals surface area contributed by atoms with Crippen LogP contribution in [0.4, 0.5) is 13.2 Å². The van der Waals surface area contributed by atoms with E-state index in [0.29, 0.717) is 59.5 Å². The zero-order valence-electron chi connectivity index (χ0n) is 18.2. The molecular formula is C26H19ClF3NO4. The van der Waals surface area contributed by atoms with Gasteiger partial charge in [0.25, 0.3) is 0 Å². The Hall–Kier alpha value is -3.49. The first-order valence-corrected chi connectivity index (χ1v) is 11.3. The molecule has 4 aromatic rings. The lowest BCUT2D eigenvalue weighted by Crippen LogP contribution is -2.17. The molecule has 5 rings (SSSR count). The molecule has 1 aliphatic heterocycles. The van der Waals surface area contributed by atoms with Crippen LogP contribution >= 0.6 is 11.6 Å². The average Bonchev–Trinajstić information content (AvgIpc) is 3.16. The molecular weight excluding hydrogens is 483 g/mol. The summed E-state index contributed by atoms with van der Waals surface area (Å²) < 4.78 is 50.1. The van der Waals surface area contributed by atoms with Crippen LogP contribution in [0.3, 0.4) is 0 Å². The predicted octanol–water partition coefficient (Wildman–Crippen LogP) is 6.67. The van der Waals surface area contributed by atoms with E-state index in [9.17, 15) is 28.2 Å². The van der Waals surface area contributed by atoms with Gasteiger partial charge in [0.1, 0.15) is 11.6 Å². The van der Waals surface area contributed by atoms with E-state index in [1.54, 1.807) is 10.6 Å². The van der Waals surface area contributed by atoms with Gasteiger partial charge in [-0.05, 0) is 54.8 Å². The van der Waals surface area contributed by atoms with Crippen LogP contribution in [-0.4, -0.2) is 34.0 Å². The Morgan fingerprint density at radius 3 is 2.37 bits per heavy atom. The van der Waals surface area contributed by atoms with Crippen LogP contribution in [0.1, 0.15) is 34.8 Å². The van der Waals surface area contributed by atoms with Gasteiger partial charge in [-0.3, -0.25) is 0 Å². The first kappa shape index (κ1) is 23.3. The monoisotopic (exact) mass is 501 g/mol. The minimum absolute atomic E-state index is 0.139. The predicted molar refractivity (Wildman–Crippen MR) is 125 cm³/mol. The number of halogens is 4. The molecule has 9 heteroatoms. The molecule has 0 aliphatic carbocycles. The molecule has 1 aromatic heterocycles. The highest BCUT2D eigenvalue weighted by atomic mass is 35.5. The number of rotatable bonds is 4. The second-order valence-electron chi connectivity index (χ2n) is 8.40. The molecule has 180 valence electrons. The summed E-state index contributed by atoms with van der Waals surface area (Å²) >= 11 is 6.26. The fourth-order valence-electron chi connectivity index (χ4n) is 4.78. The number of benzene rings is 3. The third-order valence-corrected chi connectivity index (χ3v) is 6.53. The molecule has 5 nitrogen and oxygen atoms in total. The highest BCUT2D eigenvalue weighted by Crippen LogP contribution is 2.47. The molecule has 0 amide bonds. The Labute approximate surface area is 202 Å². The molecule has 1 saturated heterocycles. The number of aromatic carboxylic acids is 1. The molecule has 35 heavy (non-hydrogen) atoms. The van der Waals surface area contributed by atoms with Gasteiger partial charge >= 0.3 is 5.97 Å². The lowest BCUT2D eigenvalue weighted by atomic mass is 9.89. The third kappa shape index (κ3) is 4.02. The van der Waals surface area contributed by atoms with Crippen LogP contribution in [0.2, 0.25) is 5.02 Å². The fraction of sp³-hybridized carbons (Fsp3) is 0.192. The molecule has 3 aromatic carbocycles. The normalized spacial score (nSPS) is 14.5. The number of phenolic OH excluding ortho intramolecular Hbond substituents is 1. The molecule has 1 fully saturated rings. The third-order valence-electron chi connectivity index (χ3n) is 6.31. The number of carboxylic acids is 1. The number of hydrogen-bond acceptors (Lipinski definition) is 3. The number of nitrogens with zero attached hydrogens (tertiary/aromatic N) is 1. The smallest absolute Gasteiger partial charge is 0.338 e. The van der Waals surface area contributed by atoms with Crippen LogP contribution in [0.25, 0.3) is 27.7 Å². The van der Waals surface area contributed by atoms with Crippen LogP contribution < -0.4 is 0 Å². The minimum Gasteiger partial charge on any atom is -0.507 e. The minimum atomic E-state index is -1.41. The van der Waals surface area contributed by atoms with Gasteiger partial charge in [-0.25, -0.2) is 18.0 Å². The van der Waals surface area contributed by atoms with E-state index in [1.165, 1.54) is 18.2 Å². The zero-order valence-corrected chi connectivity index (χ0v) is 19.0. The molecule has 0 saturated carbocycles. The van der Waals surface area contributed by atoms with Crippen molar-refractivity contribution in [1.82, 2.24) is 4.57 Å². The zero-order chi connectivity index (χ0) is 24.9. The van der Waals surface area contributed by atoms with Crippen molar-refractivity contribution in [3.63, 3.8) is 0 Å². The fourth-order valence-corrected chi connectivity index (χ4v) is 4.98.